The van der Waals surface area contributed by atoms with Gasteiger partial charge in [0.2, 0.25) is 0 Å². The first-order valence-corrected chi connectivity index (χ1v) is 13.4. The number of carbonyl (C=O) groups is 1. The van der Waals surface area contributed by atoms with Gasteiger partial charge in [-0.2, -0.15) is 0 Å². The van der Waals surface area contributed by atoms with E-state index in [9.17, 15) is 4.79 Å². The first-order chi connectivity index (χ1) is 12.2. The van der Waals surface area contributed by atoms with E-state index in [1.54, 1.807) is 0 Å². The summed E-state index contributed by atoms with van der Waals surface area (Å²) in [5.74, 6) is -0.653. The van der Waals surface area contributed by atoms with Crippen LogP contribution in [0.5, 0.6) is 0 Å². The van der Waals surface area contributed by atoms with Gasteiger partial charge in [0.1, 0.15) is 0 Å². The van der Waals surface area contributed by atoms with Crippen LogP contribution in [0.1, 0.15) is 129 Å². The number of unbranched alkanes of at least 4 members (excludes halogenated alkanes) is 15. The van der Waals surface area contributed by atoms with E-state index in [0.29, 0.717) is 6.42 Å². The Morgan fingerprint density at radius 3 is 1.16 bits per heavy atom. The molecule has 2 radical (unpaired) electrons. The Hall–Kier alpha value is 0.269. The molecule has 0 saturated heterocycles. The van der Waals surface area contributed by atoms with Gasteiger partial charge < -0.3 is 5.11 Å². The minimum absolute atomic E-state index is 0.345. The number of hydrogen-bond acceptors (Lipinski definition) is 1. The van der Waals surface area contributed by atoms with Crippen LogP contribution in [0.4, 0.5) is 0 Å². The van der Waals surface area contributed by atoms with Crippen LogP contribution in [0.3, 0.4) is 0 Å². The molecule has 0 aromatic rings. The Morgan fingerprint density at radius 2 is 0.920 bits per heavy atom. The maximum atomic E-state index is 10.3. The molecule has 0 unspecified atom stereocenters. The van der Waals surface area contributed by atoms with Gasteiger partial charge in [-0.15, -0.1) is 0 Å². The van der Waals surface area contributed by atoms with E-state index in [1.807, 2.05) is 0 Å². The summed E-state index contributed by atoms with van der Waals surface area (Å²) < 4.78 is 1.47. The van der Waals surface area contributed by atoms with Crippen molar-refractivity contribution in [3.05, 3.63) is 0 Å². The molecule has 0 atom stereocenters. The van der Waals surface area contributed by atoms with Gasteiger partial charge in [-0.25, -0.2) is 0 Å². The second kappa shape index (κ2) is 26.5. The molecule has 0 saturated carbocycles. The first-order valence-electron chi connectivity index (χ1n) is 11.1. The fourth-order valence-electron chi connectivity index (χ4n) is 2.85. The summed E-state index contributed by atoms with van der Waals surface area (Å²) >= 11 is 1.45. The summed E-state index contributed by atoms with van der Waals surface area (Å²) in [6.07, 6.45) is 23.0. The molecule has 0 aromatic heterocycles. The van der Waals surface area contributed by atoms with E-state index in [1.165, 1.54) is 123 Å². The van der Waals surface area contributed by atoms with E-state index in [0.717, 1.165) is 12.8 Å². The zero-order valence-corrected chi connectivity index (χ0v) is 20.7. The summed E-state index contributed by atoms with van der Waals surface area (Å²) in [5.41, 5.74) is 0. The molecule has 2 nitrogen and oxygen atoms in total. The summed E-state index contributed by atoms with van der Waals surface area (Å²) in [4.78, 5) is 10.3. The second-order valence-corrected chi connectivity index (χ2v) is 8.88. The van der Waals surface area contributed by atoms with Crippen LogP contribution < -0.4 is 0 Å². The van der Waals surface area contributed by atoms with Crippen molar-refractivity contribution in [2.45, 2.75) is 134 Å². The Balaban J connectivity index is 0. The van der Waals surface area contributed by atoms with Gasteiger partial charge in [0.05, 0.1) is 0 Å². The van der Waals surface area contributed by atoms with Crippen molar-refractivity contribution < 1.29 is 9.90 Å². The van der Waals surface area contributed by atoms with Crippen LogP contribution in [0.25, 0.3) is 0 Å². The average molecular weight is 461 g/mol. The molecule has 0 rings (SSSR count). The Morgan fingerprint density at radius 1 is 0.600 bits per heavy atom. The van der Waals surface area contributed by atoms with Gasteiger partial charge in [-0.05, 0) is 6.42 Å². The number of rotatable bonds is 18. The molecule has 0 fully saturated rings. The number of carboxylic acids is 1. The standard InChI is InChI=1S/C18H36O2.C4H9.Sn.H/c1-2-3-4-5-6-7-8-9-10-11-12-13-14-15-16-17-18(19)20;1-3-4-2;;/h2-17H2,1H3,(H,19,20);1,3-4H2,2H3;;. The van der Waals surface area contributed by atoms with Crippen LogP contribution in [-0.2, 0) is 4.79 Å². The van der Waals surface area contributed by atoms with E-state index in [4.69, 9.17) is 5.11 Å². The summed E-state index contributed by atoms with van der Waals surface area (Å²) in [7, 11) is 0. The van der Waals surface area contributed by atoms with Crippen LogP contribution in [0.15, 0.2) is 0 Å². The summed E-state index contributed by atoms with van der Waals surface area (Å²) in [6, 6.07) is 0. The predicted molar refractivity (Wildman–Crippen MR) is 114 cm³/mol. The molecule has 0 aliphatic rings. The zero-order valence-electron chi connectivity index (χ0n) is 17.4. The van der Waals surface area contributed by atoms with Gasteiger partial charge in [0, 0.05) is 6.42 Å². The molecular weight excluding hydrogens is 415 g/mol. The molecule has 150 valence electrons. The third kappa shape index (κ3) is 32.4. The number of hydrogen-bond donors (Lipinski definition) is 1. The Kier molecular flexibility index (Phi) is 29.1. The van der Waals surface area contributed by atoms with Crippen molar-refractivity contribution in [2.75, 3.05) is 0 Å². The van der Waals surface area contributed by atoms with E-state index in [-0.39, 0.29) is 0 Å². The van der Waals surface area contributed by atoms with E-state index >= 15 is 0 Å². The van der Waals surface area contributed by atoms with Crippen molar-refractivity contribution in [1.82, 2.24) is 0 Å². The zero-order chi connectivity index (χ0) is 19.0. The number of aliphatic carboxylic acids is 1. The quantitative estimate of drug-likeness (QED) is 0.170. The Labute approximate surface area is 172 Å². The molecule has 0 amide bonds. The monoisotopic (exact) mass is 462 g/mol. The number of carboxylic acid groups (broad SMARTS) is 1. The topological polar surface area (TPSA) is 37.3 Å². The maximum absolute atomic E-state index is 10.3. The first kappa shape index (κ1) is 27.5. The van der Waals surface area contributed by atoms with Crippen LogP contribution in [-0.4, -0.2) is 33.6 Å². The Bertz CT molecular complexity index is 242. The van der Waals surface area contributed by atoms with E-state index in [2.05, 4.69) is 13.8 Å². The molecule has 0 aliphatic heterocycles. The molecule has 1 N–H and O–H groups in total. The van der Waals surface area contributed by atoms with Gasteiger partial charge in [0.15, 0.2) is 0 Å². The average Bonchev–Trinajstić information content (AvgIpc) is 2.59. The molecular formula is C22H46O2Sn. The SMILES string of the molecule is CCCCCCCCCCCCCCCCCC(=O)O.CCC[CH2][SnH]. The van der Waals surface area contributed by atoms with Crippen molar-refractivity contribution in [3.8, 4) is 0 Å². The fourth-order valence-corrected chi connectivity index (χ4v) is 4.02. The third-order valence-electron chi connectivity index (χ3n) is 4.55. The van der Waals surface area contributed by atoms with Crippen LogP contribution >= 0.6 is 0 Å². The normalized spacial score (nSPS) is 10.4. The second-order valence-electron chi connectivity index (χ2n) is 7.24. The van der Waals surface area contributed by atoms with Gasteiger partial charge in [-0.1, -0.05) is 96.8 Å². The summed E-state index contributed by atoms with van der Waals surface area (Å²) in [6.45, 7) is 4.50. The molecule has 0 aromatic carbocycles. The van der Waals surface area contributed by atoms with Crippen molar-refractivity contribution in [2.24, 2.45) is 0 Å². The van der Waals surface area contributed by atoms with Crippen molar-refractivity contribution >= 4 is 28.5 Å². The predicted octanol–water partition coefficient (Wildman–Crippen LogP) is 7.44. The molecule has 0 bridgehead atoms. The van der Waals surface area contributed by atoms with Crippen LogP contribution in [0.2, 0.25) is 4.44 Å². The van der Waals surface area contributed by atoms with E-state index < -0.39 is 5.97 Å². The van der Waals surface area contributed by atoms with Gasteiger partial charge >= 0.3 is 52.7 Å². The molecule has 3 heteroatoms. The minimum atomic E-state index is -0.653. The third-order valence-corrected chi connectivity index (χ3v) is 5.72. The van der Waals surface area contributed by atoms with Crippen LogP contribution in [0, 0.1) is 0 Å². The molecule has 0 spiro atoms. The van der Waals surface area contributed by atoms with Gasteiger partial charge in [0.25, 0.3) is 0 Å². The molecule has 0 heterocycles. The summed E-state index contributed by atoms with van der Waals surface area (Å²) in [5, 5.41) is 8.52. The fraction of sp³-hybridized carbons (Fsp3) is 0.955. The molecule has 25 heavy (non-hydrogen) atoms. The molecule has 0 aliphatic carbocycles. The van der Waals surface area contributed by atoms with Crippen molar-refractivity contribution in [3.63, 3.8) is 0 Å². The van der Waals surface area contributed by atoms with Crippen molar-refractivity contribution in [1.29, 1.82) is 0 Å². The van der Waals surface area contributed by atoms with Gasteiger partial charge in [-0.3, -0.25) is 4.79 Å².